The second kappa shape index (κ2) is 5.92. The van der Waals surface area contributed by atoms with Crippen molar-refractivity contribution in [3.8, 4) is 0 Å². The first-order valence-corrected chi connectivity index (χ1v) is 6.40. The summed E-state index contributed by atoms with van der Waals surface area (Å²) in [6.45, 7) is 1.89. The summed E-state index contributed by atoms with van der Waals surface area (Å²) in [7, 11) is 0. The van der Waals surface area contributed by atoms with Crippen molar-refractivity contribution in [1.29, 1.82) is 0 Å². The first-order chi connectivity index (χ1) is 9.49. The van der Waals surface area contributed by atoms with E-state index in [1.807, 2.05) is 25.1 Å². The van der Waals surface area contributed by atoms with Gasteiger partial charge in [-0.3, -0.25) is 0 Å². The number of carboxylic acids is 1. The zero-order chi connectivity index (χ0) is 14.7. The van der Waals surface area contributed by atoms with Crippen LogP contribution in [0.25, 0.3) is 0 Å². The lowest BCUT2D eigenvalue weighted by Crippen LogP contribution is -2.08. The van der Waals surface area contributed by atoms with Gasteiger partial charge in [-0.25, -0.2) is 9.18 Å². The molecule has 0 bridgehead atoms. The van der Waals surface area contributed by atoms with Crippen molar-refractivity contribution in [2.45, 2.75) is 13.0 Å². The first-order valence-electron chi connectivity index (χ1n) is 6.03. The Bertz CT molecular complexity index is 646. The predicted octanol–water partition coefficient (Wildman–Crippen LogP) is 4.35. The lowest BCUT2D eigenvalue weighted by molar-refractivity contribution is 0.0692. The van der Waals surface area contributed by atoms with Gasteiger partial charge in [0.1, 0.15) is 5.82 Å². The number of hydrogen-bond acceptors (Lipinski definition) is 2. The van der Waals surface area contributed by atoms with Crippen molar-refractivity contribution in [2.75, 3.05) is 5.32 Å². The van der Waals surface area contributed by atoms with E-state index in [4.69, 9.17) is 16.7 Å². The van der Waals surface area contributed by atoms with Gasteiger partial charge in [-0.2, -0.15) is 0 Å². The third kappa shape index (κ3) is 3.08. The number of carboxylic acid groups (broad SMARTS) is 1. The molecule has 2 aromatic rings. The van der Waals surface area contributed by atoms with Gasteiger partial charge in [0, 0.05) is 16.8 Å². The van der Waals surface area contributed by atoms with Crippen LogP contribution in [0.3, 0.4) is 0 Å². The van der Waals surface area contributed by atoms with E-state index in [2.05, 4.69) is 5.32 Å². The molecule has 1 atom stereocenters. The van der Waals surface area contributed by atoms with Gasteiger partial charge in [0.15, 0.2) is 0 Å². The van der Waals surface area contributed by atoms with E-state index in [0.29, 0.717) is 10.7 Å². The SMILES string of the molecule is CC(Nc1ccc(C(=O)O)c(F)c1)c1ccccc1Cl. The van der Waals surface area contributed by atoms with Gasteiger partial charge in [-0.15, -0.1) is 0 Å². The number of carbonyl (C=O) groups is 1. The highest BCUT2D eigenvalue weighted by molar-refractivity contribution is 6.31. The molecule has 0 heterocycles. The molecule has 0 aromatic heterocycles. The minimum atomic E-state index is -1.28. The zero-order valence-electron chi connectivity index (χ0n) is 10.7. The minimum absolute atomic E-state index is 0.126. The number of hydrogen-bond donors (Lipinski definition) is 2. The molecule has 0 radical (unpaired) electrons. The maximum Gasteiger partial charge on any atom is 0.338 e. The Hall–Kier alpha value is -2.07. The summed E-state index contributed by atoms with van der Waals surface area (Å²) < 4.78 is 13.6. The van der Waals surface area contributed by atoms with Crippen LogP contribution >= 0.6 is 11.6 Å². The quantitative estimate of drug-likeness (QED) is 0.881. The molecule has 3 nitrogen and oxygen atoms in total. The van der Waals surface area contributed by atoms with Crippen LogP contribution in [0.1, 0.15) is 28.9 Å². The van der Waals surface area contributed by atoms with Crippen LogP contribution < -0.4 is 5.32 Å². The second-order valence-corrected chi connectivity index (χ2v) is 4.79. The van der Waals surface area contributed by atoms with Crippen LogP contribution in [0.2, 0.25) is 5.02 Å². The third-order valence-electron chi connectivity index (χ3n) is 2.95. The van der Waals surface area contributed by atoms with Crippen LogP contribution in [0, 0.1) is 5.82 Å². The molecule has 0 aliphatic rings. The van der Waals surface area contributed by atoms with Crippen LogP contribution in [0.15, 0.2) is 42.5 Å². The Morgan fingerprint density at radius 2 is 2.00 bits per heavy atom. The number of anilines is 1. The summed E-state index contributed by atoms with van der Waals surface area (Å²) in [5, 5.41) is 12.5. The van der Waals surface area contributed by atoms with E-state index in [-0.39, 0.29) is 11.6 Å². The molecule has 0 saturated carbocycles. The van der Waals surface area contributed by atoms with Crippen molar-refractivity contribution in [1.82, 2.24) is 0 Å². The zero-order valence-corrected chi connectivity index (χ0v) is 11.5. The fourth-order valence-electron chi connectivity index (χ4n) is 1.93. The summed E-state index contributed by atoms with van der Waals surface area (Å²) in [5.74, 6) is -2.05. The average molecular weight is 294 g/mol. The van der Waals surface area contributed by atoms with Crippen molar-refractivity contribution >= 4 is 23.3 Å². The molecule has 0 saturated heterocycles. The number of rotatable bonds is 4. The maximum absolute atomic E-state index is 13.6. The highest BCUT2D eigenvalue weighted by atomic mass is 35.5. The van der Waals surface area contributed by atoms with Gasteiger partial charge >= 0.3 is 5.97 Å². The van der Waals surface area contributed by atoms with Crippen LogP contribution in [0.4, 0.5) is 10.1 Å². The van der Waals surface area contributed by atoms with Crippen molar-refractivity contribution in [2.24, 2.45) is 0 Å². The molecular weight excluding hydrogens is 281 g/mol. The average Bonchev–Trinajstić information content (AvgIpc) is 2.38. The smallest absolute Gasteiger partial charge is 0.338 e. The number of aromatic carboxylic acids is 1. The number of halogens is 2. The minimum Gasteiger partial charge on any atom is -0.478 e. The largest absolute Gasteiger partial charge is 0.478 e. The Labute approximate surface area is 121 Å². The predicted molar refractivity (Wildman–Crippen MR) is 76.8 cm³/mol. The van der Waals surface area contributed by atoms with Gasteiger partial charge in [0.2, 0.25) is 0 Å². The molecule has 0 amide bonds. The Morgan fingerprint density at radius 1 is 1.30 bits per heavy atom. The van der Waals surface area contributed by atoms with E-state index in [1.54, 1.807) is 6.07 Å². The Balaban J connectivity index is 2.20. The molecule has 0 spiro atoms. The monoisotopic (exact) mass is 293 g/mol. The van der Waals surface area contributed by atoms with Crippen molar-refractivity contribution in [3.63, 3.8) is 0 Å². The van der Waals surface area contributed by atoms with E-state index in [0.717, 1.165) is 11.6 Å². The molecule has 0 aliphatic heterocycles. The Kier molecular flexibility index (Phi) is 4.25. The van der Waals surface area contributed by atoms with E-state index < -0.39 is 11.8 Å². The standard InChI is InChI=1S/C15H13ClFNO2/c1-9(11-4-2-3-5-13(11)16)18-10-6-7-12(15(19)20)14(17)8-10/h2-9,18H,1H3,(H,19,20). The summed E-state index contributed by atoms with van der Waals surface area (Å²) in [6.07, 6.45) is 0. The number of benzene rings is 2. The summed E-state index contributed by atoms with van der Waals surface area (Å²) in [6, 6.07) is 11.2. The molecule has 2 rings (SSSR count). The molecule has 5 heteroatoms. The lowest BCUT2D eigenvalue weighted by atomic mass is 10.1. The molecular formula is C15H13ClFNO2. The molecule has 104 valence electrons. The van der Waals surface area contributed by atoms with E-state index in [9.17, 15) is 9.18 Å². The van der Waals surface area contributed by atoms with Gasteiger partial charge < -0.3 is 10.4 Å². The van der Waals surface area contributed by atoms with E-state index >= 15 is 0 Å². The van der Waals surface area contributed by atoms with Gasteiger partial charge in [0.05, 0.1) is 5.56 Å². The molecule has 1 unspecified atom stereocenters. The molecule has 2 aromatic carbocycles. The normalized spacial score (nSPS) is 11.9. The van der Waals surface area contributed by atoms with Crippen molar-refractivity contribution < 1.29 is 14.3 Å². The highest BCUT2D eigenvalue weighted by Gasteiger charge is 2.13. The molecule has 20 heavy (non-hydrogen) atoms. The second-order valence-electron chi connectivity index (χ2n) is 4.39. The van der Waals surface area contributed by atoms with Gasteiger partial charge in [0.25, 0.3) is 0 Å². The fraction of sp³-hybridized carbons (Fsp3) is 0.133. The topological polar surface area (TPSA) is 49.3 Å². The lowest BCUT2D eigenvalue weighted by Gasteiger charge is -2.17. The van der Waals surface area contributed by atoms with Crippen LogP contribution in [-0.4, -0.2) is 11.1 Å². The summed E-state index contributed by atoms with van der Waals surface area (Å²) in [4.78, 5) is 10.7. The first kappa shape index (κ1) is 14.3. The van der Waals surface area contributed by atoms with Gasteiger partial charge in [-0.05, 0) is 36.8 Å². The van der Waals surface area contributed by atoms with Gasteiger partial charge in [-0.1, -0.05) is 29.8 Å². The molecule has 0 aliphatic carbocycles. The molecule has 0 fully saturated rings. The highest BCUT2D eigenvalue weighted by Crippen LogP contribution is 2.26. The number of nitrogens with one attached hydrogen (secondary N) is 1. The van der Waals surface area contributed by atoms with Crippen LogP contribution in [-0.2, 0) is 0 Å². The summed E-state index contributed by atoms with van der Waals surface area (Å²) in [5.41, 5.74) is 1.04. The van der Waals surface area contributed by atoms with E-state index in [1.165, 1.54) is 12.1 Å². The van der Waals surface area contributed by atoms with Crippen LogP contribution in [0.5, 0.6) is 0 Å². The third-order valence-corrected chi connectivity index (χ3v) is 3.30. The maximum atomic E-state index is 13.6. The molecule has 2 N–H and O–H groups in total. The summed E-state index contributed by atoms with van der Waals surface area (Å²) >= 11 is 6.09. The van der Waals surface area contributed by atoms with Crippen molar-refractivity contribution in [3.05, 3.63) is 64.4 Å². The fourth-order valence-corrected chi connectivity index (χ4v) is 2.23. The Morgan fingerprint density at radius 3 is 2.60 bits per heavy atom.